The Bertz CT molecular complexity index is 691. The van der Waals surface area contributed by atoms with Crippen molar-refractivity contribution in [2.45, 2.75) is 18.9 Å². The van der Waals surface area contributed by atoms with Crippen molar-refractivity contribution >= 4 is 23.4 Å². The number of hydrogen-bond donors (Lipinski definition) is 2. The first-order valence-electron chi connectivity index (χ1n) is 8.32. The molecule has 134 valence electrons. The number of hydrogen-bond acceptors (Lipinski definition) is 7. The van der Waals surface area contributed by atoms with Crippen LogP contribution >= 0.6 is 0 Å². The van der Waals surface area contributed by atoms with Gasteiger partial charge in [0.1, 0.15) is 11.9 Å². The molecule has 1 aromatic carbocycles. The quantitative estimate of drug-likeness (QED) is 0.784. The SMILES string of the molecule is COC(=O)c1ccccc1NC(=O)C1CCC(N2CCN(C)C2)=NN1. The van der Waals surface area contributed by atoms with Crippen molar-refractivity contribution in [3.05, 3.63) is 29.8 Å². The number of anilines is 1. The summed E-state index contributed by atoms with van der Waals surface area (Å²) < 4.78 is 4.75. The molecule has 8 heteroatoms. The second-order valence-electron chi connectivity index (χ2n) is 6.26. The smallest absolute Gasteiger partial charge is 0.339 e. The summed E-state index contributed by atoms with van der Waals surface area (Å²) in [4.78, 5) is 28.7. The molecule has 1 amide bonds. The highest BCUT2D eigenvalue weighted by atomic mass is 16.5. The van der Waals surface area contributed by atoms with Crippen LogP contribution in [0.5, 0.6) is 0 Å². The molecule has 0 aliphatic carbocycles. The summed E-state index contributed by atoms with van der Waals surface area (Å²) in [5.74, 6) is 0.298. The Kier molecular flexibility index (Phi) is 5.18. The molecular weight excluding hydrogens is 322 g/mol. The lowest BCUT2D eigenvalue weighted by Crippen LogP contribution is -2.44. The first kappa shape index (κ1) is 17.2. The highest BCUT2D eigenvalue weighted by Gasteiger charge is 2.27. The second-order valence-corrected chi connectivity index (χ2v) is 6.26. The number of carbonyl (C=O) groups is 2. The molecule has 8 nitrogen and oxygen atoms in total. The predicted octanol–water partition coefficient (Wildman–Crippen LogP) is 0.682. The number of amidine groups is 1. The third kappa shape index (κ3) is 3.90. The number of carbonyl (C=O) groups excluding carboxylic acids is 2. The van der Waals surface area contributed by atoms with Crippen molar-refractivity contribution in [1.82, 2.24) is 15.2 Å². The average molecular weight is 345 g/mol. The van der Waals surface area contributed by atoms with E-state index in [4.69, 9.17) is 4.74 Å². The molecule has 2 aliphatic heterocycles. The Morgan fingerprint density at radius 3 is 2.76 bits per heavy atom. The fourth-order valence-electron chi connectivity index (χ4n) is 3.00. The highest BCUT2D eigenvalue weighted by molar-refractivity contribution is 6.03. The van der Waals surface area contributed by atoms with Crippen LogP contribution < -0.4 is 10.7 Å². The predicted molar refractivity (Wildman–Crippen MR) is 94.2 cm³/mol. The summed E-state index contributed by atoms with van der Waals surface area (Å²) in [7, 11) is 3.39. The molecule has 1 atom stereocenters. The Morgan fingerprint density at radius 2 is 2.12 bits per heavy atom. The van der Waals surface area contributed by atoms with Gasteiger partial charge in [-0.1, -0.05) is 12.1 Å². The number of amides is 1. The molecule has 1 fully saturated rings. The Balaban J connectivity index is 1.62. The molecular formula is C17H23N5O3. The van der Waals surface area contributed by atoms with Gasteiger partial charge in [0.05, 0.1) is 25.0 Å². The van der Waals surface area contributed by atoms with Crippen LogP contribution in [0.15, 0.2) is 29.4 Å². The molecule has 2 N–H and O–H groups in total. The molecule has 2 heterocycles. The van der Waals surface area contributed by atoms with E-state index in [0.717, 1.165) is 32.0 Å². The second kappa shape index (κ2) is 7.52. The summed E-state index contributed by atoms with van der Waals surface area (Å²) in [6.07, 6.45) is 1.41. The van der Waals surface area contributed by atoms with Gasteiger partial charge >= 0.3 is 5.97 Å². The van der Waals surface area contributed by atoms with Crippen LogP contribution in [0.3, 0.4) is 0 Å². The lowest BCUT2D eigenvalue weighted by Gasteiger charge is -2.27. The molecule has 3 rings (SSSR count). The lowest BCUT2D eigenvalue weighted by atomic mass is 10.1. The molecule has 0 radical (unpaired) electrons. The molecule has 0 spiro atoms. The van der Waals surface area contributed by atoms with Crippen LogP contribution in [-0.4, -0.2) is 67.5 Å². The van der Waals surface area contributed by atoms with Gasteiger partial charge < -0.3 is 15.0 Å². The summed E-state index contributed by atoms with van der Waals surface area (Å²) in [6, 6.07) is 6.37. The van der Waals surface area contributed by atoms with Gasteiger partial charge in [-0.3, -0.25) is 15.1 Å². The van der Waals surface area contributed by atoms with E-state index in [1.807, 2.05) is 0 Å². The number of benzene rings is 1. The molecule has 0 saturated carbocycles. The minimum atomic E-state index is -0.481. The maximum atomic E-state index is 12.5. The van der Waals surface area contributed by atoms with E-state index < -0.39 is 12.0 Å². The van der Waals surface area contributed by atoms with Gasteiger partial charge in [-0.05, 0) is 25.6 Å². The van der Waals surface area contributed by atoms with Crippen LogP contribution in [0.1, 0.15) is 23.2 Å². The third-order valence-electron chi connectivity index (χ3n) is 4.44. The first-order valence-corrected chi connectivity index (χ1v) is 8.32. The average Bonchev–Trinajstić information content (AvgIpc) is 3.08. The Labute approximate surface area is 146 Å². The Hall–Kier alpha value is -2.61. The van der Waals surface area contributed by atoms with E-state index in [9.17, 15) is 9.59 Å². The lowest BCUT2D eigenvalue weighted by molar-refractivity contribution is -0.118. The largest absolute Gasteiger partial charge is 0.465 e. The fourth-order valence-corrected chi connectivity index (χ4v) is 3.00. The summed E-state index contributed by atoms with van der Waals surface area (Å²) in [5.41, 5.74) is 3.72. The van der Waals surface area contributed by atoms with Crippen molar-refractivity contribution in [3.8, 4) is 0 Å². The monoisotopic (exact) mass is 345 g/mol. The number of ether oxygens (including phenoxy) is 1. The number of nitrogens with one attached hydrogen (secondary N) is 2. The van der Waals surface area contributed by atoms with E-state index in [-0.39, 0.29) is 5.91 Å². The van der Waals surface area contributed by atoms with E-state index in [0.29, 0.717) is 17.7 Å². The topological polar surface area (TPSA) is 86.3 Å². The molecule has 1 saturated heterocycles. The number of para-hydroxylation sites is 1. The van der Waals surface area contributed by atoms with Crippen molar-refractivity contribution in [1.29, 1.82) is 0 Å². The van der Waals surface area contributed by atoms with E-state index in [2.05, 4.69) is 32.7 Å². The molecule has 1 unspecified atom stereocenters. The zero-order valence-electron chi connectivity index (χ0n) is 14.5. The van der Waals surface area contributed by atoms with Crippen molar-refractivity contribution < 1.29 is 14.3 Å². The van der Waals surface area contributed by atoms with Crippen LogP contribution in [0.2, 0.25) is 0 Å². The number of methoxy groups -OCH3 is 1. The summed E-state index contributed by atoms with van der Waals surface area (Å²) in [5, 5.41) is 7.17. The highest BCUT2D eigenvalue weighted by Crippen LogP contribution is 2.18. The van der Waals surface area contributed by atoms with Crippen molar-refractivity contribution in [3.63, 3.8) is 0 Å². The normalized spacial score (nSPS) is 20.6. The van der Waals surface area contributed by atoms with E-state index >= 15 is 0 Å². The number of hydrazone groups is 1. The molecule has 25 heavy (non-hydrogen) atoms. The summed E-state index contributed by atoms with van der Waals surface area (Å²) in [6.45, 7) is 2.84. The first-order chi connectivity index (χ1) is 12.1. The van der Waals surface area contributed by atoms with Crippen LogP contribution in [0.4, 0.5) is 5.69 Å². The maximum Gasteiger partial charge on any atom is 0.339 e. The van der Waals surface area contributed by atoms with Gasteiger partial charge in [0.15, 0.2) is 0 Å². The summed E-state index contributed by atoms with van der Waals surface area (Å²) >= 11 is 0. The van der Waals surface area contributed by atoms with Gasteiger partial charge in [0.25, 0.3) is 0 Å². The van der Waals surface area contributed by atoms with Gasteiger partial charge in [-0.2, -0.15) is 5.10 Å². The van der Waals surface area contributed by atoms with Gasteiger partial charge in [0, 0.05) is 19.5 Å². The molecule has 2 aliphatic rings. The van der Waals surface area contributed by atoms with E-state index in [1.54, 1.807) is 24.3 Å². The van der Waals surface area contributed by atoms with Gasteiger partial charge in [0.2, 0.25) is 5.91 Å². The van der Waals surface area contributed by atoms with Crippen LogP contribution in [0.25, 0.3) is 0 Å². The minimum absolute atomic E-state index is 0.210. The van der Waals surface area contributed by atoms with Crippen LogP contribution in [-0.2, 0) is 9.53 Å². The van der Waals surface area contributed by atoms with E-state index in [1.165, 1.54) is 7.11 Å². The van der Waals surface area contributed by atoms with Crippen molar-refractivity contribution in [2.75, 3.05) is 39.2 Å². The number of rotatable bonds is 3. The third-order valence-corrected chi connectivity index (χ3v) is 4.44. The zero-order valence-corrected chi connectivity index (χ0v) is 14.5. The molecule has 1 aromatic rings. The number of esters is 1. The number of nitrogens with zero attached hydrogens (tertiary/aromatic N) is 3. The fraction of sp³-hybridized carbons (Fsp3) is 0.471. The standard InChI is InChI=1S/C17H23N5O3/c1-21-9-10-22(11-21)15-8-7-14(19-20-15)16(23)18-13-6-4-3-5-12(13)17(24)25-2/h3-6,14,19H,7-11H2,1-2H3,(H,18,23). The van der Waals surface area contributed by atoms with Crippen molar-refractivity contribution in [2.24, 2.45) is 5.10 Å². The van der Waals surface area contributed by atoms with Gasteiger partial charge in [-0.15, -0.1) is 0 Å². The number of likely N-dealkylation sites (N-methyl/N-ethyl adjacent to an activating group) is 1. The van der Waals surface area contributed by atoms with Crippen LogP contribution in [0, 0.1) is 0 Å². The maximum absolute atomic E-state index is 12.5. The minimum Gasteiger partial charge on any atom is -0.465 e. The molecule has 0 aromatic heterocycles. The van der Waals surface area contributed by atoms with Gasteiger partial charge in [-0.25, -0.2) is 4.79 Å². The Morgan fingerprint density at radius 1 is 1.32 bits per heavy atom. The molecule has 0 bridgehead atoms. The zero-order chi connectivity index (χ0) is 17.8.